The van der Waals surface area contributed by atoms with Gasteiger partial charge in [0.05, 0.1) is 29.0 Å². The number of aryl methyl sites for hydroxylation is 1. The van der Waals surface area contributed by atoms with Gasteiger partial charge >= 0.3 is 5.97 Å². The molecule has 11 nitrogen and oxygen atoms in total. The number of carbonyl (C=O) groups is 2. The zero-order chi connectivity index (χ0) is 31.8. The molecular weight excluding hydrogens is 580 g/mol. The normalized spacial score (nSPS) is 16.9. The number of nitrogens with one attached hydrogen (secondary N) is 2. The fourth-order valence-electron chi connectivity index (χ4n) is 6.13. The lowest BCUT2D eigenvalue weighted by atomic mass is 10.1. The van der Waals surface area contributed by atoms with E-state index in [1.165, 1.54) is 25.5 Å². The molecule has 0 spiro atoms. The number of ether oxygens (including phenoxy) is 1. The number of anilines is 3. The quantitative estimate of drug-likeness (QED) is 0.151. The van der Waals surface area contributed by atoms with E-state index in [9.17, 15) is 9.59 Å². The van der Waals surface area contributed by atoms with Crippen molar-refractivity contribution in [2.45, 2.75) is 57.7 Å². The van der Waals surface area contributed by atoms with Crippen molar-refractivity contribution >= 4 is 51.3 Å². The molecule has 1 amide bonds. The third-order valence-corrected chi connectivity index (χ3v) is 8.38. The summed E-state index contributed by atoms with van der Waals surface area (Å²) in [6.07, 6.45) is 13.1. The minimum atomic E-state index is -0.488. The number of hydrogen-bond donors (Lipinski definition) is 2. The van der Waals surface area contributed by atoms with Crippen LogP contribution in [0.4, 0.5) is 17.5 Å². The van der Waals surface area contributed by atoms with E-state index in [-0.39, 0.29) is 17.6 Å². The van der Waals surface area contributed by atoms with Gasteiger partial charge in [-0.2, -0.15) is 0 Å². The van der Waals surface area contributed by atoms with Crippen LogP contribution in [-0.2, 0) is 16.6 Å². The highest BCUT2D eigenvalue weighted by molar-refractivity contribution is 6.03. The molecule has 0 bridgehead atoms. The Hall–Kier alpha value is -5.16. The number of esters is 1. The van der Waals surface area contributed by atoms with E-state index < -0.39 is 5.97 Å². The minimum Gasteiger partial charge on any atom is -0.459 e. The molecule has 234 valence electrons. The van der Waals surface area contributed by atoms with Gasteiger partial charge in [-0.25, -0.2) is 19.7 Å². The molecule has 5 aromatic rings. The molecule has 1 saturated carbocycles. The van der Waals surface area contributed by atoms with Gasteiger partial charge in [-0.05, 0) is 70.3 Å². The Labute approximate surface area is 266 Å². The van der Waals surface area contributed by atoms with E-state index in [0.29, 0.717) is 46.3 Å². The van der Waals surface area contributed by atoms with E-state index in [1.807, 2.05) is 66.4 Å². The zero-order valence-corrected chi connectivity index (χ0v) is 26.1. The summed E-state index contributed by atoms with van der Waals surface area (Å²) in [7, 11) is 1.96. The minimum absolute atomic E-state index is 0.226. The number of nitrogens with zero attached hydrogens (tertiary/aromatic N) is 6. The standard InChI is InChI=1S/C35H36N8O3/c1-21(2)46-34(45)26-18-37-35(41-33(26)27-20-42(3)30-9-5-4-8-25(27)30)38-22-10-14-28-29(17-22)39-31(19-36-28)40-32(44)15-13-23-7-6-16-43(23)24-11-12-24/h4-5,8-10,13-15,17-21,23-24H,6-7,11-12,16H2,1-3H3,(H,37,38,41)(H,39,40,44). The molecule has 1 unspecified atom stereocenters. The zero-order valence-electron chi connectivity index (χ0n) is 26.1. The van der Waals surface area contributed by atoms with Gasteiger partial charge in [-0.1, -0.05) is 24.3 Å². The van der Waals surface area contributed by atoms with Crippen molar-refractivity contribution in [2.24, 2.45) is 7.05 Å². The van der Waals surface area contributed by atoms with E-state index in [2.05, 4.69) is 30.5 Å². The lowest BCUT2D eigenvalue weighted by Crippen LogP contribution is -2.30. The van der Waals surface area contributed by atoms with Gasteiger partial charge in [0, 0.05) is 59.8 Å². The third kappa shape index (κ3) is 6.18. The molecule has 1 saturated heterocycles. The summed E-state index contributed by atoms with van der Waals surface area (Å²) in [6, 6.07) is 14.5. The Morgan fingerprint density at radius 1 is 1.02 bits per heavy atom. The van der Waals surface area contributed by atoms with Crippen molar-refractivity contribution in [2.75, 3.05) is 17.2 Å². The summed E-state index contributed by atoms with van der Waals surface area (Å²) in [4.78, 5) is 46.7. The first kappa shape index (κ1) is 29.5. The SMILES string of the molecule is CC(C)OC(=O)c1cnc(Nc2ccc3ncc(NC(=O)C=CC4CCCN4C4CC4)nc3c2)nc1-c1cn(C)c2ccccc12. The number of rotatable bonds is 9. The van der Waals surface area contributed by atoms with Crippen LogP contribution in [0.2, 0.25) is 0 Å². The van der Waals surface area contributed by atoms with Gasteiger partial charge < -0.3 is 19.9 Å². The number of carbonyl (C=O) groups excluding carboxylic acids is 2. The number of likely N-dealkylation sites (tertiary alicyclic amines) is 1. The van der Waals surface area contributed by atoms with Crippen molar-refractivity contribution in [3.05, 3.63) is 78.8 Å². The molecule has 4 heterocycles. The highest BCUT2D eigenvalue weighted by Gasteiger charge is 2.35. The average molecular weight is 617 g/mol. The smallest absolute Gasteiger partial charge is 0.342 e. The van der Waals surface area contributed by atoms with Crippen molar-refractivity contribution in [3.63, 3.8) is 0 Å². The van der Waals surface area contributed by atoms with Gasteiger partial charge in [0.15, 0.2) is 5.82 Å². The second-order valence-corrected chi connectivity index (χ2v) is 12.2. The molecule has 11 heteroatoms. The van der Waals surface area contributed by atoms with E-state index >= 15 is 0 Å². The molecule has 3 aromatic heterocycles. The second kappa shape index (κ2) is 12.3. The predicted octanol–water partition coefficient (Wildman–Crippen LogP) is 6.01. The third-order valence-electron chi connectivity index (χ3n) is 8.38. The maximum atomic E-state index is 13.1. The van der Waals surface area contributed by atoms with Gasteiger partial charge in [0.2, 0.25) is 11.9 Å². The molecule has 0 radical (unpaired) electrons. The van der Waals surface area contributed by atoms with E-state index in [1.54, 1.807) is 26.1 Å². The summed E-state index contributed by atoms with van der Waals surface area (Å²) < 4.78 is 7.53. The first-order valence-electron chi connectivity index (χ1n) is 15.7. The summed E-state index contributed by atoms with van der Waals surface area (Å²) >= 11 is 0. The maximum absolute atomic E-state index is 13.1. The Balaban J connectivity index is 1.13. The molecule has 2 aromatic carbocycles. The molecule has 1 aliphatic heterocycles. The Morgan fingerprint density at radius 3 is 2.70 bits per heavy atom. The molecule has 7 rings (SSSR count). The number of aromatic nitrogens is 5. The molecule has 46 heavy (non-hydrogen) atoms. The fraction of sp³-hybridized carbons (Fsp3) is 0.314. The van der Waals surface area contributed by atoms with Crippen LogP contribution in [0.1, 0.15) is 49.9 Å². The number of fused-ring (bicyclic) bond motifs is 2. The fourth-order valence-corrected chi connectivity index (χ4v) is 6.13. The van der Waals surface area contributed by atoms with Crippen LogP contribution < -0.4 is 10.6 Å². The van der Waals surface area contributed by atoms with Crippen LogP contribution in [0, 0.1) is 0 Å². The van der Waals surface area contributed by atoms with Crippen molar-refractivity contribution in [3.8, 4) is 11.3 Å². The Kier molecular flexibility index (Phi) is 7.91. The van der Waals surface area contributed by atoms with Crippen LogP contribution in [0.15, 0.2) is 73.2 Å². The lowest BCUT2D eigenvalue weighted by Gasteiger charge is -2.20. The largest absolute Gasteiger partial charge is 0.459 e. The van der Waals surface area contributed by atoms with Crippen LogP contribution in [-0.4, -0.2) is 66.0 Å². The number of hydrogen-bond acceptors (Lipinski definition) is 9. The number of amides is 1. The average Bonchev–Trinajstić information content (AvgIpc) is 3.68. The van der Waals surface area contributed by atoms with Crippen LogP contribution in [0.5, 0.6) is 0 Å². The molecule has 1 aliphatic carbocycles. The van der Waals surface area contributed by atoms with Crippen LogP contribution >= 0.6 is 0 Å². The predicted molar refractivity (Wildman–Crippen MR) is 178 cm³/mol. The maximum Gasteiger partial charge on any atom is 0.342 e. The monoisotopic (exact) mass is 616 g/mol. The summed E-state index contributed by atoms with van der Waals surface area (Å²) in [5.74, 6) is -0.0419. The highest BCUT2D eigenvalue weighted by atomic mass is 16.5. The summed E-state index contributed by atoms with van der Waals surface area (Å²) in [5.41, 5.74) is 4.50. The Bertz CT molecular complexity index is 1980. The molecular formula is C35H36N8O3. The number of benzene rings is 2. The van der Waals surface area contributed by atoms with Crippen molar-refractivity contribution in [1.82, 2.24) is 29.4 Å². The van der Waals surface area contributed by atoms with Gasteiger partial charge in [0.25, 0.3) is 0 Å². The van der Waals surface area contributed by atoms with Crippen molar-refractivity contribution < 1.29 is 14.3 Å². The van der Waals surface area contributed by atoms with Crippen LogP contribution in [0.3, 0.4) is 0 Å². The first-order chi connectivity index (χ1) is 22.3. The van der Waals surface area contributed by atoms with Gasteiger partial charge in [-0.15, -0.1) is 0 Å². The lowest BCUT2D eigenvalue weighted by molar-refractivity contribution is -0.112. The summed E-state index contributed by atoms with van der Waals surface area (Å²) in [6.45, 7) is 4.72. The highest BCUT2D eigenvalue weighted by Crippen LogP contribution is 2.34. The first-order valence-corrected chi connectivity index (χ1v) is 15.7. The van der Waals surface area contributed by atoms with E-state index in [0.717, 1.165) is 29.4 Å². The molecule has 2 fully saturated rings. The molecule has 2 N–H and O–H groups in total. The van der Waals surface area contributed by atoms with E-state index in [4.69, 9.17) is 9.72 Å². The van der Waals surface area contributed by atoms with Crippen LogP contribution in [0.25, 0.3) is 33.2 Å². The van der Waals surface area contributed by atoms with Crippen molar-refractivity contribution in [1.29, 1.82) is 0 Å². The summed E-state index contributed by atoms with van der Waals surface area (Å²) in [5, 5.41) is 7.06. The number of para-hydroxylation sites is 1. The molecule has 1 atom stereocenters. The van der Waals surface area contributed by atoms with Gasteiger partial charge in [0.1, 0.15) is 5.56 Å². The molecule has 2 aliphatic rings. The Morgan fingerprint density at radius 2 is 1.87 bits per heavy atom. The topological polar surface area (TPSA) is 127 Å². The van der Waals surface area contributed by atoms with Gasteiger partial charge in [-0.3, -0.25) is 14.7 Å². The second-order valence-electron chi connectivity index (χ2n) is 12.2.